The lowest BCUT2D eigenvalue weighted by Gasteiger charge is -2.13. The van der Waals surface area contributed by atoms with E-state index in [-0.39, 0.29) is 35.2 Å². The minimum atomic E-state index is -0.533. The van der Waals surface area contributed by atoms with Gasteiger partial charge in [0.25, 0.3) is 5.56 Å². The van der Waals surface area contributed by atoms with E-state index in [0.29, 0.717) is 27.3 Å². The van der Waals surface area contributed by atoms with Crippen molar-refractivity contribution in [2.45, 2.75) is 11.7 Å². The number of carbonyl (C=O) groups excluding carboxylic acids is 1. The summed E-state index contributed by atoms with van der Waals surface area (Å²) in [7, 11) is 1.36. The van der Waals surface area contributed by atoms with Gasteiger partial charge >= 0.3 is 5.69 Å². The molecule has 1 N–H and O–H groups in total. The van der Waals surface area contributed by atoms with E-state index in [1.54, 1.807) is 42.5 Å². The maximum Gasteiger partial charge on any atom is 0.311 e. The summed E-state index contributed by atoms with van der Waals surface area (Å²) in [6.07, 6.45) is 0. The van der Waals surface area contributed by atoms with Gasteiger partial charge in [0.2, 0.25) is 5.91 Å². The standard InChI is InChI=1S/C24H20N4O5S/c1-33-21-12-11-16(13-20(21)28(31)32)14-25-22(29)15-34-24-26-19-10-6-5-9-18(19)23(30)27(24)17-7-3-2-4-8-17/h2-13H,14-15H2,1H3,(H,25,29). The summed E-state index contributed by atoms with van der Waals surface area (Å²) in [6.45, 7) is 0.112. The van der Waals surface area contributed by atoms with Gasteiger partial charge in [0.1, 0.15) is 0 Å². The number of benzene rings is 3. The van der Waals surface area contributed by atoms with E-state index in [4.69, 9.17) is 4.74 Å². The van der Waals surface area contributed by atoms with Crippen LogP contribution in [0.25, 0.3) is 16.6 Å². The third-order valence-corrected chi connectivity index (χ3v) is 5.96. The molecule has 1 amide bonds. The lowest BCUT2D eigenvalue weighted by molar-refractivity contribution is -0.385. The summed E-state index contributed by atoms with van der Waals surface area (Å²) in [6, 6.07) is 20.7. The second kappa shape index (κ2) is 10.2. The predicted molar refractivity (Wildman–Crippen MR) is 130 cm³/mol. The molecule has 0 aliphatic carbocycles. The number of amides is 1. The smallest absolute Gasteiger partial charge is 0.311 e. The van der Waals surface area contributed by atoms with E-state index in [2.05, 4.69) is 10.3 Å². The molecule has 0 bridgehead atoms. The zero-order chi connectivity index (χ0) is 24.1. The van der Waals surface area contributed by atoms with Gasteiger partial charge in [-0.2, -0.15) is 0 Å². The highest BCUT2D eigenvalue weighted by Crippen LogP contribution is 2.27. The van der Waals surface area contributed by atoms with Crippen molar-refractivity contribution < 1.29 is 14.5 Å². The highest BCUT2D eigenvalue weighted by molar-refractivity contribution is 7.99. The Morgan fingerprint density at radius 1 is 1.12 bits per heavy atom. The van der Waals surface area contributed by atoms with Crippen LogP contribution in [-0.2, 0) is 11.3 Å². The molecule has 0 spiro atoms. The molecule has 0 saturated heterocycles. The van der Waals surface area contributed by atoms with E-state index >= 15 is 0 Å². The van der Waals surface area contributed by atoms with Crippen molar-refractivity contribution in [2.24, 2.45) is 0 Å². The first-order valence-electron chi connectivity index (χ1n) is 10.3. The monoisotopic (exact) mass is 476 g/mol. The number of methoxy groups -OCH3 is 1. The van der Waals surface area contributed by atoms with Crippen LogP contribution in [0.1, 0.15) is 5.56 Å². The van der Waals surface area contributed by atoms with Gasteiger partial charge in [-0.15, -0.1) is 0 Å². The molecule has 0 fully saturated rings. The average Bonchev–Trinajstić information content (AvgIpc) is 2.86. The number of hydrogen-bond donors (Lipinski definition) is 1. The first-order valence-corrected chi connectivity index (χ1v) is 11.2. The van der Waals surface area contributed by atoms with Crippen LogP contribution in [0.15, 0.2) is 82.7 Å². The summed E-state index contributed by atoms with van der Waals surface area (Å²) in [4.78, 5) is 41.0. The second-order valence-corrected chi connectivity index (χ2v) is 8.16. The molecule has 1 heterocycles. The number of nitrogens with one attached hydrogen (secondary N) is 1. The molecule has 10 heteroatoms. The topological polar surface area (TPSA) is 116 Å². The molecule has 4 rings (SSSR count). The third-order valence-electron chi connectivity index (χ3n) is 5.02. The van der Waals surface area contributed by atoms with Gasteiger partial charge in [-0.05, 0) is 35.9 Å². The number of fused-ring (bicyclic) bond motifs is 1. The van der Waals surface area contributed by atoms with E-state index in [1.165, 1.54) is 23.8 Å². The number of nitro groups is 1. The summed E-state index contributed by atoms with van der Waals surface area (Å²) in [5.41, 5.74) is 1.38. The highest BCUT2D eigenvalue weighted by atomic mass is 32.2. The van der Waals surface area contributed by atoms with Crippen LogP contribution in [0.4, 0.5) is 5.69 Å². The Bertz CT molecular complexity index is 1420. The molecule has 9 nitrogen and oxygen atoms in total. The van der Waals surface area contributed by atoms with Crippen LogP contribution in [0.3, 0.4) is 0 Å². The van der Waals surface area contributed by atoms with Crippen LogP contribution in [-0.4, -0.2) is 33.2 Å². The molecule has 1 aromatic heterocycles. The normalized spacial score (nSPS) is 10.7. The number of nitrogens with zero attached hydrogens (tertiary/aromatic N) is 3. The molecule has 0 radical (unpaired) electrons. The fourth-order valence-electron chi connectivity index (χ4n) is 3.38. The van der Waals surface area contributed by atoms with E-state index in [0.717, 1.165) is 11.8 Å². The number of rotatable bonds is 8. The molecular weight excluding hydrogens is 456 g/mol. The lowest BCUT2D eigenvalue weighted by atomic mass is 10.2. The Kier molecular flexibility index (Phi) is 6.88. The zero-order valence-corrected chi connectivity index (χ0v) is 19.0. The summed E-state index contributed by atoms with van der Waals surface area (Å²) in [5.74, 6) is -0.141. The number of carbonyl (C=O) groups is 1. The molecule has 0 atom stereocenters. The molecule has 0 saturated carbocycles. The number of para-hydroxylation sites is 2. The fraction of sp³-hybridized carbons (Fsp3) is 0.125. The van der Waals surface area contributed by atoms with Crippen molar-refractivity contribution in [3.63, 3.8) is 0 Å². The molecule has 3 aromatic carbocycles. The van der Waals surface area contributed by atoms with Gasteiger partial charge in [0.05, 0.1) is 34.4 Å². The van der Waals surface area contributed by atoms with Gasteiger partial charge in [-0.25, -0.2) is 4.98 Å². The fourth-order valence-corrected chi connectivity index (χ4v) is 4.23. The minimum Gasteiger partial charge on any atom is -0.490 e. The maximum atomic E-state index is 13.2. The van der Waals surface area contributed by atoms with Crippen LogP contribution in [0.2, 0.25) is 0 Å². The lowest BCUT2D eigenvalue weighted by Crippen LogP contribution is -2.26. The highest BCUT2D eigenvalue weighted by Gasteiger charge is 2.17. The Morgan fingerprint density at radius 2 is 1.85 bits per heavy atom. The number of thioether (sulfide) groups is 1. The molecule has 172 valence electrons. The molecule has 34 heavy (non-hydrogen) atoms. The summed E-state index contributed by atoms with van der Waals surface area (Å²) < 4.78 is 6.49. The van der Waals surface area contributed by atoms with Crippen LogP contribution >= 0.6 is 11.8 Å². The predicted octanol–water partition coefficient (Wildman–Crippen LogP) is 3.71. The van der Waals surface area contributed by atoms with Gasteiger partial charge in [-0.3, -0.25) is 24.3 Å². The molecule has 4 aromatic rings. The number of nitro benzene ring substituents is 1. The summed E-state index contributed by atoms with van der Waals surface area (Å²) in [5, 5.41) is 14.8. The van der Waals surface area contributed by atoms with Crippen molar-refractivity contribution in [3.8, 4) is 11.4 Å². The van der Waals surface area contributed by atoms with Crippen LogP contribution in [0, 0.1) is 10.1 Å². The zero-order valence-electron chi connectivity index (χ0n) is 18.1. The first-order chi connectivity index (χ1) is 16.5. The Balaban J connectivity index is 1.52. The molecule has 0 unspecified atom stereocenters. The number of hydrogen-bond acceptors (Lipinski definition) is 7. The van der Waals surface area contributed by atoms with E-state index < -0.39 is 4.92 Å². The maximum absolute atomic E-state index is 13.2. The van der Waals surface area contributed by atoms with Crippen LogP contribution in [0.5, 0.6) is 5.75 Å². The minimum absolute atomic E-state index is 0.00978. The SMILES string of the molecule is COc1ccc(CNC(=O)CSc2nc3ccccc3c(=O)n2-c2ccccc2)cc1[N+](=O)[O-]. The van der Waals surface area contributed by atoms with Gasteiger partial charge in [0.15, 0.2) is 10.9 Å². The average molecular weight is 477 g/mol. The Morgan fingerprint density at radius 3 is 2.59 bits per heavy atom. The van der Waals surface area contributed by atoms with Gasteiger partial charge in [-0.1, -0.05) is 48.2 Å². The second-order valence-electron chi connectivity index (χ2n) is 7.22. The number of ether oxygens (including phenoxy) is 1. The Labute approximate surface area is 198 Å². The van der Waals surface area contributed by atoms with Crippen molar-refractivity contribution in [1.82, 2.24) is 14.9 Å². The van der Waals surface area contributed by atoms with E-state index in [9.17, 15) is 19.7 Å². The quantitative estimate of drug-likeness (QED) is 0.178. The molecule has 0 aliphatic heterocycles. The van der Waals surface area contributed by atoms with Crippen molar-refractivity contribution in [3.05, 3.63) is 98.8 Å². The first kappa shape index (κ1) is 23.0. The van der Waals surface area contributed by atoms with E-state index in [1.807, 2.05) is 18.2 Å². The van der Waals surface area contributed by atoms with Crippen LogP contribution < -0.4 is 15.6 Å². The third kappa shape index (κ3) is 4.91. The Hall–Kier alpha value is -4.18. The number of aromatic nitrogens is 2. The molecule has 0 aliphatic rings. The van der Waals surface area contributed by atoms with Crippen molar-refractivity contribution >= 4 is 34.3 Å². The van der Waals surface area contributed by atoms with Gasteiger partial charge < -0.3 is 10.1 Å². The molecular formula is C24H20N4O5S. The van der Waals surface area contributed by atoms with Gasteiger partial charge in [0, 0.05) is 12.6 Å². The largest absolute Gasteiger partial charge is 0.490 e. The summed E-state index contributed by atoms with van der Waals surface area (Å²) >= 11 is 1.14. The van der Waals surface area contributed by atoms with Crippen molar-refractivity contribution in [2.75, 3.05) is 12.9 Å². The van der Waals surface area contributed by atoms with Crippen molar-refractivity contribution in [1.29, 1.82) is 0 Å².